The van der Waals surface area contributed by atoms with E-state index in [0.717, 1.165) is 0 Å². The summed E-state index contributed by atoms with van der Waals surface area (Å²) < 4.78 is 30.4. The second-order valence-corrected chi connectivity index (χ2v) is 7.08. The predicted molar refractivity (Wildman–Crippen MR) is 93.5 cm³/mol. The number of carbonyl (C=O) groups excluding carboxylic acids is 1. The quantitative estimate of drug-likeness (QED) is 0.534. The van der Waals surface area contributed by atoms with Gasteiger partial charge in [-0.15, -0.1) is 0 Å². The molecular weight excluding hydrogens is 362 g/mol. The van der Waals surface area contributed by atoms with Crippen LogP contribution in [0.1, 0.15) is 16.8 Å². The van der Waals surface area contributed by atoms with Crippen molar-refractivity contribution in [2.75, 3.05) is 5.75 Å². The third-order valence-corrected chi connectivity index (χ3v) is 4.37. The molecule has 0 unspecified atom stereocenters. The summed E-state index contributed by atoms with van der Waals surface area (Å²) in [6.45, 7) is 0. The summed E-state index contributed by atoms with van der Waals surface area (Å²) in [4.78, 5) is 23.8. The van der Waals surface area contributed by atoms with E-state index >= 15 is 0 Å². The van der Waals surface area contributed by atoms with E-state index in [1.807, 2.05) is 0 Å². The minimum absolute atomic E-state index is 0.128. The van der Waals surface area contributed by atoms with Gasteiger partial charge in [-0.05, 0) is 23.6 Å². The molecule has 8 nitrogen and oxygen atoms in total. The van der Waals surface area contributed by atoms with Gasteiger partial charge in [0.05, 0.1) is 11.3 Å². The van der Waals surface area contributed by atoms with Crippen molar-refractivity contribution in [1.29, 1.82) is 0 Å². The van der Waals surface area contributed by atoms with Crippen LogP contribution < -0.4 is 5.32 Å². The number of carboxylic acid groups (broad SMARTS) is 1. The Kier molecular flexibility index (Phi) is 5.96. The zero-order chi connectivity index (χ0) is 19.3. The van der Waals surface area contributed by atoms with Crippen molar-refractivity contribution >= 4 is 22.0 Å². The van der Waals surface area contributed by atoms with Gasteiger partial charge in [-0.1, -0.05) is 42.5 Å². The van der Waals surface area contributed by atoms with Gasteiger partial charge in [0.1, 0.15) is 11.8 Å². The number of benzene rings is 2. The monoisotopic (exact) mass is 379 g/mol. The molecular formula is C17H17NO7S. The highest BCUT2D eigenvalue weighted by atomic mass is 32.2. The third kappa shape index (κ3) is 5.04. The standard InChI is InChI=1S/C17H17NO7S/c19-14-8-4-7-12(11-5-2-1-3-6-11)15(14)16(20)18-13(17(21)22)9-10-26(23,24)25/h1-8,13,19H,9-10H2,(H,18,20)(H,21,22)(H,23,24,25)/t13-/m0/s1. The van der Waals surface area contributed by atoms with Crippen molar-refractivity contribution in [1.82, 2.24) is 5.32 Å². The number of aliphatic carboxylic acids is 1. The number of aromatic hydroxyl groups is 1. The molecule has 138 valence electrons. The molecule has 0 aliphatic rings. The molecule has 0 saturated carbocycles. The maximum Gasteiger partial charge on any atom is 0.326 e. The number of carboxylic acids is 1. The van der Waals surface area contributed by atoms with Gasteiger partial charge < -0.3 is 15.5 Å². The van der Waals surface area contributed by atoms with Crippen LogP contribution in [0.2, 0.25) is 0 Å². The van der Waals surface area contributed by atoms with E-state index in [-0.39, 0.29) is 11.3 Å². The van der Waals surface area contributed by atoms with Crippen molar-refractivity contribution in [3.63, 3.8) is 0 Å². The van der Waals surface area contributed by atoms with Crippen LogP contribution in [-0.2, 0) is 14.9 Å². The Morgan fingerprint density at radius 1 is 1.04 bits per heavy atom. The Morgan fingerprint density at radius 2 is 1.69 bits per heavy atom. The lowest BCUT2D eigenvalue weighted by atomic mass is 9.98. The molecule has 9 heteroatoms. The molecule has 0 spiro atoms. The second-order valence-electron chi connectivity index (χ2n) is 5.50. The summed E-state index contributed by atoms with van der Waals surface area (Å²) in [7, 11) is -4.38. The van der Waals surface area contributed by atoms with Crippen LogP contribution in [0.5, 0.6) is 5.75 Å². The average Bonchev–Trinajstić information content (AvgIpc) is 2.57. The van der Waals surface area contributed by atoms with Crippen LogP contribution in [0.15, 0.2) is 48.5 Å². The predicted octanol–water partition coefficient (Wildman–Crippen LogP) is 1.52. The first-order chi connectivity index (χ1) is 12.2. The molecule has 2 aromatic carbocycles. The smallest absolute Gasteiger partial charge is 0.326 e. The number of phenols is 1. The topological polar surface area (TPSA) is 141 Å². The van der Waals surface area contributed by atoms with Crippen LogP contribution in [0.4, 0.5) is 0 Å². The Hall–Kier alpha value is -2.91. The first kappa shape index (κ1) is 19.4. The molecule has 0 radical (unpaired) electrons. The number of phenolic OH excluding ortho intramolecular Hbond substituents is 1. The van der Waals surface area contributed by atoms with E-state index in [9.17, 15) is 23.1 Å². The van der Waals surface area contributed by atoms with Crippen molar-refractivity contribution in [3.05, 3.63) is 54.1 Å². The van der Waals surface area contributed by atoms with Gasteiger partial charge in [0.2, 0.25) is 0 Å². The Balaban J connectivity index is 2.32. The summed E-state index contributed by atoms with van der Waals surface area (Å²) in [6.07, 6.45) is -0.520. The van der Waals surface area contributed by atoms with E-state index in [4.69, 9.17) is 9.66 Å². The first-order valence-electron chi connectivity index (χ1n) is 7.55. The van der Waals surface area contributed by atoms with Gasteiger partial charge in [0.25, 0.3) is 16.0 Å². The first-order valence-corrected chi connectivity index (χ1v) is 9.16. The zero-order valence-electron chi connectivity index (χ0n) is 13.5. The summed E-state index contributed by atoms with van der Waals surface area (Å²) in [6, 6.07) is 11.6. The van der Waals surface area contributed by atoms with Gasteiger partial charge in [-0.25, -0.2) is 4.79 Å². The lowest BCUT2D eigenvalue weighted by molar-refractivity contribution is -0.139. The minimum Gasteiger partial charge on any atom is -0.507 e. The maximum absolute atomic E-state index is 12.6. The van der Waals surface area contributed by atoms with E-state index in [2.05, 4.69) is 5.32 Å². The molecule has 26 heavy (non-hydrogen) atoms. The molecule has 4 N–H and O–H groups in total. The fraction of sp³-hybridized carbons (Fsp3) is 0.176. The Bertz CT molecular complexity index is 910. The van der Waals surface area contributed by atoms with Crippen LogP contribution in [0.25, 0.3) is 11.1 Å². The number of nitrogens with one attached hydrogen (secondary N) is 1. The van der Waals surface area contributed by atoms with Gasteiger partial charge >= 0.3 is 5.97 Å². The Labute approximate surface area is 149 Å². The van der Waals surface area contributed by atoms with E-state index in [1.165, 1.54) is 6.07 Å². The SMILES string of the molecule is O=C(N[C@@H](CCS(=O)(=O)O)C(=O)O)c1c(O)cccc1-c1ccccc1. The van der Waals surface area contributed by atoms with E-state index in [1.54, 1.807) is 42.5 Å². The molecule has 0 aliphatic carbocycles. The van der Waals surface area contributed by atoms with Crippen LogP contribution in [0, 0.1) is 0 Å². The molecule has 0 fully saturated rings. The highest BCUT2D eigenvalue weighted by Crippen LogP contribution is 2.30. The number of hydrogen-bond donors (Lipinski definition) is 4. The average molecular weight is 379 g/mol. The lowest BCUT2D eigenvalue weighted by Crippen LogP contribution is -2.42. The van der Waals surface area contributed by atoms with Crippen molar-refractivity contribution in [2.45, 2.75) is 12.5 Å². The molecule has 2 rings (SSSR count). The van der Waals surface area contributed by atoms with Gasteiger partial charge in [-0.3, -0.25) is 9.35 Å². The number of hydrogen-bond acceptors (Lipinski definition) is 5. The third-order valence-electron chi connectivity index (χ3n) is 3.62. The van der Waals surface area contributed by atoms with Gasteiger partial charge in [0.15, 0.2) is 0 Å². The molecule has 2 aromatic rings. The van der Waals surface area contributed by atoms with Crippen LogP contribution >= 0.6 is 0 Å². The van der Waals surface area contributed by atoms with E-state index in [0.29, 0.717) is 11.1 Å². The second kappa shape index (κ2) is 7.98. The minimum atomic E-state index is -4.38. The van der Waals surface area contributed by atoms with Gasteiger partial charge in [-0.2, -0.15) is 8.42 Å². The molecule has 0 aromatic heterocycles. The highest BCUT2D eigenvalue weighted by molar-refractivity contribution is 7.85. The number of carbonyl (C=O) groups is 2. The fourth-order valence-corrected chi connectivity index (χ4v) is 2.93. The molecule has 1 atom stereocenters. The summed E-state index contributed by atoms with van der Waals surface area (Å²) in [5.74, 6) is -3.50. The summed E-state index contributed by atoms with van der Waals surface area (Å²) >= 11 is 0. The van der Waals surface area contributed by atoms with Crippen molar-refractivity contribution in [2.24, 2.45) is 0 Å². The van der Waals surface area contributed by atoms with Crippen LogP contribution in [-0.4, -0.2) is 46.9 Å². The normalized spacial score (nSPS) is 12.3. The Morgan fingerprint density at radius 3 is 2.27 bits per heavy atom. The molecule has 0 heterocycles. The summed E-state index contributed by atoms with van der Waals surface area (Å²) in [5.41, 5.74) is 0.900. The molecule has 0 aliphatic heterocycles. The largest absolute Gasteiger partial charge is 0.507 e. The van der Waals surface area contributed by atoms with E-state index < -0.39 is 40.2 Å². The van der Waals surface area contributed by atoms with Crippen molar-refractivity contribution in [3.8, 4) is 16.9 Å². The molecule has 0 bridgehead atoms. The molecule has 0 saturated heterocycles. The summed E-state index contributed by atoms with van der Waals surface area (Å²) in [5, 5.41) is 21.4. The lowest BCUT2D eigenvalue weighted by Gasteiger charge is -2.16. The maximum atomic E-state index is 12.6. The highest BCUT2D eigenvalue weighted by Gasteiger charge is 2.25. The van der Waals surface area contributed by atoms with Crippen molar-refractivity contribution < 1.29 is 32.8 Å². The number of amides is 1. The zero-order valence-corrected chi connectivity index (χ0v) is 14.3. The fourth-order valence-electron chi connectivity index (χ4n) is 2.39. The van der Waals surface area contributed by atoms with Gasteiger partial charge in [0, 0.05) is 0 Å². The molecule has 1 amide bonds. The van der Waals surface area contributed by atoms with Crippen LogP contribution in [0.3, 0.4) is 0 Å². The number of rotatable bonds is 7.